The van der Waals surface area contributed by atoms with E-state index in [0.29, 0.717) is 0 Å². The Morgan fingerprint density at radius 1 is 1.30 bits per heavy atom. The molecule has 5 heteroatoms. The minimum atomic E-state index is -0.547. The van der Waals surface area contributed by atoms with E-state index in [1.807, 2.05) is 32.3 Å². The van der Waals surface area contributed by atoms with Gasteiger partial charge in [0.1, 0.15) is 0 Å². The van der Waals surface area contributed by atoms with Crippen LogP contribution in [0.3, 0.4) is 0 Å². The fourth-order valence-corrected chi connectivity index (χ4v) is 3.26. The van der Waals surface area contributed by atoms with Crippen LogP contribution in [-0.4, -0.2) is 20.4 Å². The van der Waals surface area contributed by atoms with Crippen molar-refractivity contribution in [2.75, 3.05) is 0 Å². The SMILES string of the molecule is Cc1ncccc1-c1cc2cc(C3(C(N)=O)CC3)ncc2n1C. The second kappa shape index (κ2) is 4.65. The number of hydrogen-bond acceptors (Lipinski definition) is 3. The average Bonchev–Trinajstić information content (AvgIpc) is 3.29. The van der Waals surface area contributed by atoms with Crippen molar-refractivity contribution in [2.45, 2.75) is 25.2 Å². The van der Waals surface area contributed by atoms with Gasteiger partial charge in [-0.1, -0.05) is 0 Å². The minimum absolute atomic E-state index is 0.274. The predicted molar refractivity (Wildman–Crippen MR) is 88.8 cm³/mol. The van der Waals surface area contributed by atoms with Gasteiger partial charge in [0.05, 0.1) is 28.5 Å². The Kier molecular flexibility index (Phi) is 2.82. The molecule has 3 aromatic heterocycles. The summed E-state index contributed by atoms with van der Waals surface area (Å²) in [7, 11) is 2.02. The van der Waals surface area contributed by atoms with Gasteiger partial charge in [0.15, 0.2) is 0 Å². The standard InChI is InChI=1S/C18H18N4O/c1-11-13(4-3-7-20-11)14-8-12-9-16(18(5-6-18)17(19)23)21-10-15(12)22(14)2/h3-4,7-10H,5-6H2,1-2H3,(H2,19,23). The van der Waals surface area contributed by atoms with E-state index in [1.165, 1.54) is 0 Å². The molecule has 1 saturated carbocycles. The lowest BCUT2D eigenvalue weighted by molar-refractivity contribution is -0.120. The predicted octanol–water partition coefficient (Wildman–Crippen LogP) is 2.46. The molecule has 0 bridgehead atoms. The van der Waals surface area contributed by atoms with E-state index >= 15 is 0 Å². The van der Waals surface area contributed by atoms with Crippen LogP contribution in [0.25, 0.3) is 22.2 Å². The molecule has 1 aliphatic rings. The van der Waals surface area contributed by atoms with Crippen LogP contribution in [0.2, 0.25) is 0 Å². The molecule has 0 atom stereocenters. The normalized spacial score (nSPS) is 15.7. The Hall–Kier alpha value is -2.69. The number of fused-ring (bicyclic) bond motifs is 1. The van der Waals surface area contributed by atoms with E-state index in [-0.39, 0.29) is 5.91 Å². The third-order valence-corrected chi connectivity index (χ3v) is 4.92. The maximum atomic E-state index is 11.7. The molecule has 5 nitrogen and oxygen atoms in total. The van der Waals surface area contributed by atoms with Crippen molar-refractivity contribution in [3.63, 3.8) is 0 Å². The number of aryl methyl sites for hydroxylation is 2. The molecule has 0 radical (unpaired) electrons. The van der Waals surface area contributed by atoms with E-state index in [2.05, 4.69) is 26.7 Å². The van der Waals surface area contributed by atoms with Gasteiger partial charge in [0.25, 0.3) is 0 Å². The lowest BCUT2D eigenvalue weighted by Crippen LogP contribution is -2.29. The molecule has 1 amide bonds. The zero-order valence-corrected chi connectivity index (χ0v) is 13.2. The Morgan fingerprint density at radius 3 is 2.74 bits per heavy atom. The summed E-state index contributed by atoms with van der Waals surface area (Å²) >= 11 is 0. The lowest BCUT2D eigenvalue weighted by atomic mass is 10.00. The molecular formula is C18H18N4O. The summed E-state index contributed by atoms with van der Waals surface area (Å²) < 4.78 is 2.11. The van der Waals surface area contributed by atoms with Crippen molar-refractivity contribution in [1.82, 2.24) is 14.5 Å². The molecule has 1 fully saturated rings. The van der Waals surface area contributed by atoms with E-state index in [9.17, 15) is 4.79 Å². The first-order valence-corrected chi connectivity index (χ1v) is 7.71. The fraction of sp³-hybridized carbons (Fsp3) is 0.278. The quantitative estimate of drug-likeness (QED) is 0.807. The number of carbonyl (C=O) groups is 1. The van der Waals surface area contributed by atoms with Crippen LogP contribution in [0.15, 0.2) is 36.7 Å². The van der Waals surface area contributed by atoms with Crippen molar-refractivity contribution in [1.29, 1.82) is 0 Å². The van der Waals surface area contributed by atoms with Crippen LogP contribution in [0.4, 0.5) is 0 Å². The number of amides is 1. The van der Waals surface area contributed by atoms with E-state index < -0.39 is 5.41 Å². The summed E-state index contributed by atoms with van der Waals surface area (Å²) in [6, 6.07) is 8.14. The molecule has 3 heterocycles. The molecule has 0 spiro atoms. The molecule has 0 unspecified atom stereocenters. The summed E-state index contributed by atoms with van der Waals surface area (Å²) in [5, 5.41) is 1.07. The van der Waals surface area contributed by atoms with Crippen molar-refractivity contribution >= 4 is 16.8 Å². The zero-order valence-electron chi connectivity index (χ0n) is 13.2. The van der Waals surface area contributed by atoms with Gasteiger partial charge in [-0.15, -0.1) is 0 Å². The molecule has 116 valence electrons. The first kappa shape index (κ1) is 13.9. The molecule has 0 aliphatic heterocycles. The van der Waals surface area contributed by atoms with Crippen molar-refractivity contribution in [3.8, 4) is 11.3 Å². The van der Waals surface area contributed by atoms with Gasteiger partial charge in [-0.2, -0.15) is 0 Å². The van der Waals surface area contributed by atoms with Crippen LogP contribution in [-0.2, 0) is 17.3 Å². The summed E-state index contributed by atoms with van der Waals surface area (Å²) in [5.74, 6) is -0.274. The van der Waals surface area contributed by atoms with Crippen LogP contribution in [0.1, 0.15) is 24.2 Å². The zero-order chi connectivity index (χ0) is 16.2. The lowest BCUT2D eigenvalue weighted by Gasteiger charge is -2.10. The summed E-state index contributed by atoms with van der Waals surface area (Å²) in [5.41, 5.74) is 10.0. The van der Waals surface area contributed by atoms with Gasteiger partial charge in [-0.05, 0) is 44.0 Å². The highest BCUT2D eigenvalue weighted by molar-refractivity contribution is 5.92. The van der Waals surface area contributed by atoms with Gasteiger partial charge in [0.2, 0.25) is 5.91 Å². The third-order valence-electron chi connectivity index (χ3n) is 4.92. The minimum Gasteiger partial charge on any atom is -0.369 e. The van der Waals surface area contributed by atoms with Gasteiger partial charge < -0.3 is 10.3 Å². The summed E-state index contributed by atoms with van der Waals surface area (Å²) in [4.78, 5) is 20.6. The number of rotatable bonds is 3. The van der Waals surface area contributed by atoms with Gasteiger partial charge in [-0.3, -0.25) is 14.8 Å². The first-order chi connectivity index (χ1) is 11.0. The number of nitrogens with two attached hydrogens (primary N) is 1. The van der Waals surface area contributed by atoms with Crippen LogP contribution < -0.4 is 5.73 Å². The van der Waals surface area contributed by atoms with Crippen LogP contribution >= 0.6 is 0 Å². The largest absolute Gasteiger partial charge is 0.369 e. The number of nitrogens with zero attached hydrogens (tertiary/aromatic N) is 3. The molecule has 1 aliphatic carbocycles. The number of carbonyl (C=O) groups excluding carboxylic acids is 1. The van der Waals surface area contributed by atoms with Gasteiger partial charge in [0, 0.05) is 29.9 Å². The summed E-state index contributed by atoms with van der Waals surface area (Å²) in [6.07, 6.45) is 5.22. The maximum absolute atomic E-state index is 11.7. The molecule has 23 heavy (non-hydrogen) atoms. The Morgan fingerprint density at radius 2 is 2.09 bits per heavy atom. The van der Waals surface area contributed by atoms with Gasteiger partial charge in [-0.25, -0.2) is 0 Å². The summed E-state index contributed by atoms with van der Waals surface area (Å²) in [6.45, 7) is 2.00. The maximum Gasteiger partial charge on any atom is 0.229 e. The highest BCUT2D eigenvalue weighted by Gasteiger charge is 2.51. The second-order valence-corrected chi connectivity index (χ2v) is 6.30. The smallest absolute Gasteiger partial charge is 0.229 e. The van der Waals surface area contributed by atoms with Crippen molar-refractivity contribution in [3.05, 3.63) is 48.0 Å². The van der Waals surface area contributed by atoms with E-state index in [1.54, 1.807) is 6.20 Å². The highest BCUT2D eigenvalue weighted by atomic mass is 16.1. The average molecular weight is 306 g/mol. The molecule has 0 aromatic carbocycles. The van der Waals surface area contributed by atoms with Crippen molar-refractivity contribution < 1.29 is 4.79 Å². The number of aromatic nitrogens is 3. The monoisotopic (exact) mass is 306 g/mol. The molecule has 2 N–H and O–H groups in total. The highest BCUT2D eigenvalue weighted by Crippen LogP contribution is 2.47. The number of hydrogen-bond donors (Lipinski definition) is 1. The number of pyridine rings is 2. The molecule has 0 saturated heterocycles. The fourth-order valence-electron chi connectivity index (χ4n) is 3.26. The topological polar surface area (TPSA) is 73.8 Å². The Balaban J connectivity index is 1.89. The first-order valence-electron chi connectivity index (χ1n) is 7.71. The van der Waals surface area contributed by atoms with E-state index in [0.717, 1.165) is 46.4 Å². The molecule has 4 rings (SSSR count). The van der Waals surface area contributed by atoms with Crippen LogP contribution in [0.5, 0.6) is 0 Å². The van der Waals surface area contributed by atoms with Gasteiger partial charge >= 0.3 is 0 Å². The van der Waals surface area contributed by atoms with Crippen LogP contribution in [0, 0.1) is 6.92 Å². The number of primary amides is 1. The Bertz CT molecular complexity index is 937. The Labute approximate surface area is 134 Å². The molecule has 3 aromatic rings. The second-order valence-electron chi connectivity index (χ2n) is 6.30. The van der Waals surface area contributed by atoms with Crippen molar-refractivity contribution in [2.24, 2.45) is 12.8 Å². The molecular weight excluding hydrogens is 288 g/mol. The van der Waals surface area contributed by atoms with E-state index in [4.69, 9.17) is 5.73 Å². The third kappa shape index (κ3) is 1.96.